The van der Waals surface area contributed by atoms with E-state index in [0.717, 1.165) is 12.1 Å². The second-order valence-corrected chi connectivity index (χ2v) is 4.50. The van der Waals surface area contributed by atoms with E-state index in [4.69, 9.17) is 5.73 Å². The number of rotatable bonds is 3. The third kappa shape index (κ3) is 2.53. The minimum Gasteiger partial charge on any atom is -0.370 e. The van der Waals surface area contributed by atoms with E-state index in [0.29, 0.717) is 0 Å². The highest BCUT2D eigenvalue weighted by atomic mass is 15.1. The molecule has 88 valence electrons. The largest absolute Gasteiger partial charge is 0.370 e. The zero-order chi connectivity index (χ0) is 11.4. The number of hydrogen-bond acceptors (Lipinski definition) is 3. The molecule has 0 radical (unpaired) electrons. The van der Waals surface area contributed by atoms with Crippen molar-refractivity contribution in [1.82, 2.24) is 4.98 Å². The predicted molar refractivity (Wildman–Crippen MR) is 67.5 cm³/mol. The second-order valence-electron chi connectivity index (χ2n) is 4.50. The standard InChI is InChI=1S/C13H21N3/c1-2-12(14)13-7-6-11(10-15-13)16-8-4-3-5-9-16/h6-7,10,12H,2-5,8-9,14H2,1H3. The summed E-state index contributed by atoms with van der Waals surface area (Å²) >= 11 is 0. The van der Waals surface area contributed by atoms with E-state index in [-0.39, 0.29) is 6.04 Å². The van der Waals surface area contributed by atoms with E-state index in [1.54, 1.807) is 0 Å². The number of pyridine rings is 1. The Morgan fingerprint density at radius 3 is 2.62 bits per heavy atom. The van der Waals surface area contributed by atoms with Crippen LogP contribution in [0.15, 0.2) is 18.3 Å². The molecule has 1 fully saturated rings. The van der Waals surface area contributed by atoms with E-state index in [9.17, 15) is 0 Å². The maximum atomic E-state index is 5.95. The molecule has 1 aromatic rings. The highest BCUT2D eigenvalue weighted by Crippen LogP contribution is 2.20. The van der Waals surface area contributed by atoms with Crippen LogP contribution in [0.2, 0.25) is 0 Å². The summed E-state index contributed by atoms with van der Waals surface area (Å²) < 4.78 is 0. The SMILES string of the molecule is CCC(N)c1ccc(N2CCCCC2)cn1. The van der Waals surface area contributed by atoms with Gasteiger partial charge in [-0.05, 0) is 37.8 Å². The number of anilines is 1. The van der Waals surface area contributed by atoms with Crippen molar-refractivity contribution in [2.45, 2.75) is 38.6 Å². The molecular weight excluding hydrogens is 198 g/mol. The highest BCUT2D eigenvalue weighted by molar-refractivity contribution is 5.45. The van der Waals surface area contributed by atoms with Crippen molar-refractivity contribution >= 4 is 5.69 Å². The Morgan fingerprint density at radius 2 is 2.06 bits per heavy atom. The van der Waals surface area contributed by atoms with E-state index in [1.807, 2.05) is 6.20 Å². The molecule has 2 heterocycles. The molecule has 16 heavy (non-hydrogen) atoms. The molecule has 2 N–H and O–H groups in total. The van der Waals surface area contributed by atoms with E-state index >= 15 is 0 Å². The van der Waals surface area contributed by atoms with Crippen molar-refractivity contribution in [1.29, 1.82) is 0 Å². The number of hydrogen-bond donors (Lipinski definition) is 1. The molecule has 0 saturated carbocycles. The summed E-state index contributed by atoms with van der Waals surface area (Å²) in [6.07, 6.45) is 6.88. The maximum absolute atomic E-state index is 5.95. The van der Waals surface area contributed by atoms with Crippen LogP contribution in [0.25, 0.3) is 0 Å². The molecule has 0 aromatic carbocycles. The normalized spacial score (nSPS) is 18.5. The van der Waals surface area contributed by atoms with Crippen LogP contribution in [-0.4, -0.2) is 18.1 Å². The topological polar surface area (TPSA) is 42.1 Å². The fraction of sp³-hybridized carbons (Fsp3) is 0.615. The summed E-state index contributed by atoms with van der Waals surface area (Å²) in [6.45, 7) is 4.42. The zero-order valence-electron chi connectivity index (χ0n) is 10.0. The Morgan fingerprint density at radius 1 is 1.31 bits per heavy atom. The van der Waals surface area contributed by atoms with Gasteiger partial charge in [0.2, 0.25) is 0 Å². The van der Waals surface area contributed by atoms with Crippen molar-refractivity contribution in [2.24, 2.45) is 5.73 Å². The number of aromatic nitrogens is 1. The van der Waals surface area contributed by atoms with Gasteiger partial charge in [0.15, 0.2) is 0 Å². The van der Waals surface area contributed by atoms with Gasteiger partial charge in [0, 0.05) is 19.1 Å². The molecule has 1 unspecified atom stereocenters. The molecule has 1 atom stereocenters. The maximum Gasteiger partial charge on any atom is 0.0572 e. The Bertz CT molecular complexity index is 314. The smallest absolute Gasteiger partial charge is 0.0572 e. The average molecular weight is 219 g/mol. The van der Waals surface area contributed by atoms with Gasteiger partial charge in [-0.15, -0.1) is 0 Å². The summed E-state index contributed by atoms with van der Waals surface area (Å²) in [6, 6.07) is 4.30. The lowest BCUT2D eigenvalue weighted by molar-refractivity contribution is 0.576. The highest BCUT2D eigenvalue weighted by Gasteiger charge is 2.11. The first kappa shape index (κ1) is 11.4. The van der Waals surface area contributed by atoms with Crippen LogP contribution in [-0.2, 0) is 0 Å². The molecule has 1 aromatic heterocycles. The molecule has 0 amide bonds. The molecular formula is C13H21N3. The third-order valence-electron chi connectivity index (χ3n) is 3.31. The van der Waals surface area contributed by atoms with Crippen molar-refractivity contribution < 1.29 is 0 Å². The predicted octanol–water partition coefficient (Wildman–Crippen LogP) is 2.48. The summed E-state index contributed by atoms with van der Waals surface area (Å²) in [4.78, 5) is 6.87. The number of nitrogens with zero attached hydrogens (tertiary/aromatic N) is 2. The Labute approximate surface area is 97.7 Å². The van der Waals surface area contributed by atoms with E-state index < -0.39 is 0 Å². The van der Waals surface area contributed by atoms with E-state index in [1.165, 1.54) is 38.0 Å². The van der Waals surface area contributed by atoms with Gasteiger partial charge >= 0.3 is 0 Å². The van der Waals surface area contributed by atoms with Crippen molar-refractivity contribution in [2.75, 3.05) is 18.0 Å². The lowest BCUT2D eigenvalue weighted by atomic mass is 10.1. The Balaban J connectivity index is 2.06. The zero-order valence-corrected chi connectivity index (χ0v) is 10.0. The summed E-state index contributed by atoms with van der Waals surface area (Å²) in [5.41, 5.74) is 8.19. The fourth-order valence-electron chi connectivity index (χ4n) is 2.17. The molecule has 1 saturated heterocycles. The molecule has 3 heteroatoms. The van der Waals surface area contributed by atoms with Gasteiger partial charge in [0.25, 0.3) is 0 Å². The average Bonchev–Trinajstić information content (AvgIpc) is 2.39. The van der Waals surface area contributed by atoms with Crippen LogP contribution in [0.4, 0.5) is 5.69 Å². The summed E-state index contributed by atoms with van der Waals surface area (Å²) in [7, 11) is 0. The lowest BCUT2D eigenvalue weighted by Gasteiger charge is -2.28. The van der Waals surface area contributed by atoms with Crippen molar-refractivity contribution in [3.8, 4) is 0 Å². The first-order chi connectivity index (χ1) is 7.81. The molecule has 0 aliphatic carbocycles. The van der Waals surface area contributed by atoms with Crippen LogP contribution in [0, 0.1) is 0 Å². The fourth-order valence-corrected chi connectivity index (χ4v) is 2.17. The van der Waals surface area contributed by atoms with Crippen LogP contribution in [0.1, 0.15) is 44.3 Å². The molecule has 0 bridgehead atoms. The van der Waals surface area contributed by atoms with Gasteiger partial charge in [0.1, 0.15) is 0 Å². The van der Waals surface area contributed by atoms with Gasteiger partial charge in [-0.2, -0.15) is 0 Å². The molecule has 2 rings (SSSR count). The van der Waals surface area contributed by atoms with Gasteiger partial charge in [-0.25, -0.2) is 0 Å². The van der Waals surface area contributed by atoms with Crippen molar-refractivity contribution in [3.05, 3.63) is 24.0 Å². The quantitative estimate of drug-likeness (QED) is 0.849. The third-order valence-corrected chi connectivity index (χ3v) is 3.31. The Hall–Kier alpha value is -1.09. The van der Waals surface area contributed by atoms with Gasteiger partial charge in [-0.3, -0.25) is 4.98 Å². The first-order valence-corrected chi connectivity index (χ1v) is 6.27. The monoisotopic (exact) mass is 219 g/mol. The molecule has 0 spiro atoms. The summed E-state index contributed by atoms with van der Waals surface area (Å²) in [5.74, 6) is 0. The van der Waals surface area contributed by atoms with Crippen LogP contribution in [0.3, 0.4) is 0 Å². The lowest BCUT2D eigenvalue weighted by Crippen LogP contribution is -2.29. The molecule has 1 aliphatic rings. The van der Waals surface area contributed by atoms with Crippen molar-refractivity contribution in [3.63, 3.8) is 0 Å². The molecule has 3 nitrogen and oxygen atoms in total. The minimum absolute atomic E-state index is 0.0791. The van der Waals surface area contributed by atoms with E-state index in [2.05, 4.69) is 28.9 Å². The number of nitrogens with two attached hydrogens (primary N) is 1. The Kier molecular flexibility index (Phi) is 3.78. The van der Waals surface area contributed by atoms with Gasteiger partial charge < -0.3 is 10.6 Å². The first-order valence-electron chi connectivity index (χ1n) is 6.27. The summed E-state index contributed by atoms with van der Waals surface area (Å²) in [5, 5.41) is 0. The second kappa shape index (κ2) is 5.30. The van der Waals surface area contributed by atoms with Gasteiger partial charge in [0.05, 0.1) is 17.6 Å². The van der Waals surface area contributed by atoms with Crippen LogP contribution < -0.4 is 10.6 Å². The molecule has 1 aliphatic heterocycles. The van der Waals surface area contributed by atoms with Crippen LogP contribution in [0.5, 0.6) is 0 Å². The minimum atomic E-state index is 0.0791. The van der Waals surface area contributed by atoms with Gasteiger partial charge in [-0.1, -0.05) is 6.92 Å². The number of piperidine rings is 1. The van der Waals surface area contributed by atoms with Crippen LogP contribution >= 0.6 is 0 Å².